The number of ether oxygens (including phenoxy) is 1. The Balaban J connectivity index is 1.43. The number of methoxy groups -OCH3 is 1. The highest BCUT2D eigenvalue weighted by molar-refractivity contribution is 6.21. The molecule has 41 heavy (non-hydrogen) atoms. The van der Waals surface area contributed by atoms with Gasteiger partial charge >= 0.3 is 0 Å². The predicted molar refractivity (Wildman–Crippen MR) is 140 cm³/mol. The van der Waals surface area contributed by atoms with Crippen LogP contribution in [-0.2, 0) is 10.4 Å². The molecule has 8 nitrogen and oxygen atoms in total. The number of hydrogen-bond acceptors (Lipinski definition) is 6. The maximum Gasteiger partial charge on any atom is 0.268 e. The summed E-state index contributed by atoms with van der Waals surface area (Å²) < 4.78 is 62.9. The molecule has 3 heterocycles. The summed E-state index contributed by atoms with van der Waals surface area (Å²) >= 11 is 6.65. The first kappa shape index (κ1) is 28.7. The molecule has 13 heteroatoms. The highest BCUT2D eigenvalue weighted by Gasteiger charge is 2.54. The Morgan fingerprint density at radius 1 is 1.22 bits per heavy atom. The van der Waals surface area contributed by atoms with Crippen LogP contribution in [0.5, 0.6) is 5.88 Å². The normalized spacial score (nSPS) is 25.8. The topological polar surface area (TPSA) is 105 Å². The molecule has 1 aromatic carbocycles. The van der Waals surface area contributed by atoms with Crippen molar-refractivity contribution in [3.8, 4) is 5.88 Å². The van der Waals surface area contributed by atoms with Crippen LogP contribution in [0.25, 0.3) is 0 Å². The molecule has 2 aromatic heterocycles. The predicted octanol–water partition coefficient (Wildman–Crippen LogP) is 4.04. The summed E-state index contributed by atoms with van der Waals surface area (Å²) in [6.45, 7) is -0.262. The third-order valence-corrected chi connectivity index (χ3v) is 8.23. The lowest BCUT2D eigenvalue weighted by Crippen LogP contribution is -2.52. The number of alkyl halides is 3. The number of hydrogen-bond donors (Lipinski definition) is 2. The average molecular weight is 593 g/mol. The molecule has 2 amide bonds. The van der Waals surface area contributed by atoms with Crippen LogP contribution in [0.1, 0.15) is 34.3 Å². The third-order valence-electron chi connectivity index (χ3n) is 7.70. The molecule has 2 N–H and O–H groups in total. The van der Waals surface area contributed by atoms with Gasteiger partial charge in [-0.05, 0) is 49.1 Å². The van der Waals surface area contributed by atoms with Crippen molar-refractivity contribution in [3.05, 3.63) is 83.3 Å². The molecule has 3 aromatic rings. The van der Waals surface area contributed by atoms with Crippen LogP contribution in [0.4, 0.5) is 23.2 Å². The molecule has 1 saturated carbocycles. The van der Waals surface area contributed by atoms with Gasteiger partial charge in [-0.1, -0.05) is 6.07 Å². The SMILES string of the molecule is COc1nccc([C@@]2(O)C(=O)N(C[C@H]3C[C@@H](C(F)F)[C@H](NC(=O)c4cccnc4)C[C@H]3Cl)c3cc(F)ccc32)c1F. The molecular weight excluding hydrogens is 568 g/mol. The quantitative estimate of drug-likeness (QED) is 0.317. The highest BCUT2D eigenvalue weighted by Crippen LogP contribution is 2.47. The molecular formula is C28H25ClF4N4O4. The molecule has 0 bridgehead atoms. The maximum absolute atomic E-state index is 15.2. The standard InChI is InChI=1S/C28H25ClF4N4O4/c1-41-26-23(31)19(6-8-35-26)28(40)18-5-4-16(30)10-22(18)37(27(28)39)13-15-9-17(24(32)33)21(11-20(15)29)36-25(38)14-3-2-7-34-12-14/h2-8,10,12,15,17,20-21,24,40H,9,11,13H2,1H3,(H,36,38)/t15-,17-,20-,21-,28-/m1/s1. The van der Waals surface area contributed by atoms with Crippen LogP contribution >= 0.6 is 11.6 Å². The van der Waals surface area contributed by atoms with E-state index in [-0.39, 0.29) is 36.2 Å². The molecule has 1 aliphatic heterocycles. The van der Waals surface area contributed by atoms with Crippen LogP contribution in [0, 0.1) is 23.5 Å². The van der Waals surface area contributed by atoms with Crippen molar-refractivity contribution in [1.29, 1.82) is 0 Å². The Morgan fingerprint density at radius 2 is 2.00 bits per heavy atom. The van der Waals surface area contributed by atoms with E-state index >= 15 is 4.39 Å². The van der Waals surface area contributed by atoms with Gasteiger partial charge < -0.3 is 20.1 Å². The summed E-state index contributed by atoms with van der Waals surface area (Å²) in [7, 11) is 1.17. The van der Waals surface area contributed by atoms with E-state index in [1.54, 1.807) is 6.07 Å². The zero-order valence-corrected chi connectivity index (χ0v) is 22.4. The van der Waals surface area contributed by atoms with Gasteiger partial charge in [0.1, 0.15) is 5.82 Å². The van der Waals surface area contributed by atoms with Gasteiger partial charge in [0.2, 0.25) is 6.43 Å². The van der Waals surface area contributed by atoms with Crippen molar-refractivity contribution >= 4 is 29.1 Å². The lowest BCUT2D eigenvalue weighted by molar-refractivity contribution is -0.132. The number of amides is 2. The minimum absolute atomic E-state index is 0.0360. The van der Waals surface area contributed by atoms with E-state index in [1.807, 2.05) is 0 Å². The number of carbonyl (C=O) groups excluding carboxylic acids is 2. The van der Waals surface area contributed by atoms with Gasteiger partial charge in [-0.3, -0.25) is 14.6 Å². The molecule has 0 unspecified atom stereocenters. The lowest BCUT2D eigenvalue weighted by Gasteiger charge is -2.40. The van der Waals surface area contributed by atoms with Gasteiger partial charge in [0, 0.05) is 53.6 Å². The van der Waals surface area contributed by atoms with Crippen LogP contribution in [0.2, 0.25) is 0 Å². The number of aliphatic hydroxyl groups is 1. The summed E-state index contributed by atoms with van der Waals surface area (Å²) in [5, 5.41) is 13.5. The molecule has 216 valence electrons. The van der Waals surface area contributed by atoms with Crippen LogP contribution in [-0.4, -0.2) is 58.4 Å². The molecule has 2 aliphatic rings. The Hall–Kier alpha value is -3.77. The van der Waals surface area contributed by atoms with E-state index in [2.05, 4.69) is 15.3 Å². The fourth-order valence-corrected chi connectivity index (χ4v) is 6.00. The molecule has 5 atom stereocenters. The monoisotopic (exact) mass is 592 g/mol. The van der Waals surface area contributed by atoms with Gasteiger partial charge in [0.15, 0.2) is 11.4 Å². The minimum Gasteiger partial charge on any atom is -0.479 e. The molecule has 0 spiro atoms. The van der Waals surface area contributed by atoms with Crippen molar-refractivity contribution in [2.45, 2.75) is 36.3 Å². The Kier molecular flexibility index (Phi) is 7.89. The Bertz CT molecular complexity index is 1470. The van der Waals surface area contributed by atoms with E-state index < -0.39 is 70.2 Å². The van der Waals surface area contributed by atoms with Crippen LogP contribution in [0.15, 0.2) is 55.0 Å². The van der Waals surface area contributed by atoms with E-state index in [1.165, 1.54) is 31.6 Å². The van der Waals surface area contributed by atoms with Crippen LogP contribution < -0.4 is 15.0 Å². The van der Waals surface area contributed by atoms with E-state index in [4.69, 9.17) is 16.3 Å². The van der Waals surface area contributed by atoms with Crippen molar-refractivity contribution in [2.24, 2.45) is 11.8 Å². The number of benzene rings is 1. The second-order valence-electron chi connectivity index (χ2n) is 10.0. The molecule has 5 rings (SSSR count). The first-order valence-electron chi connectivity index (χ1n) is 12.7. The fraction of sp³-hybridized carbons (Fsp3) is 0.357. The third kappa shape index (κ3) is 5.10. The van der Waals surface area contributed by atoms with Crippen molar-refractivity contribution in [1.82, 2.24) is 15.3 Å². The number of nitrogens with one attached hydrogen (secondary N) is 1. The number of halogens is 5. The summed E-state index contributed by atoms with van der Waals surface area (Å²) in [5.74, 6) is -5.89. The number of carbonyl (C=O) groups is 2. The summed E-state index contributed by atoms with van der Waals surface area (Å²) in [6, 6.07) is 6.39. The smallest absolute Gasteiger partial charge is 0.268 e. The van der Waals surface area contributed by atoms with Gasteiger partial charge in [-0.25, -0.2) is 22.5 Å². The van der Waals surface area contributed by atoms with Gasteiger partial charge in [0.05, 0.1) is 18.4 Å². The maximum atomic E-state index is 15.2. The Morgan fingerprint density at radius 3 is 2.68 bits per heavy atom. The molecule has 0 saturated heterocycles. The second kappa shape index (κ2) is 11.2. The fourth-order valence-electron chi connectivity index (χ4n) is 5.63. The van der Waals surface area contributed by atoms with Gasteiger partial charge in [-0.15, -0.1) is 11.6 Å². The summed E-state index contributed by atoms with van der Waals surface area (Å²) in [5.41, 5.74) is -2.96. The molecule has 1 fully saturated rings. The van der Waals surface area contributed by atoms with Gasteiger partial charge in [-0.2, -0.15) is 0 Å². The zero-order valence-electron chi connectivity index (χ0n) is 21.6. The van der Waals surface area contributed by atoms with E-state index in [9.17, 15) is 27.9 Å². The summed E-state index contributed by atoms with van der Waals surface area (Å²) in [6.07, 6.45) is 0.893. The van der Waals surface area contributed by atoms with Crippen molar-refractivity contribution in [2.75, 3.05) is 18.6 Å². The minimum atomic E-state index is -2.82. The number of pyridine rings is 2. The first-order valence-corrected chi connectivity index (χ1v) is 13.2. The number of nitrogens with zero attached hydrogens (tertiary/aromatic N) is 3. The van der Waals surface area contributed by atoms with E-state index in [0.29, 0.717) is 0 Å². The number of fused-ring (bicyclic) bond motifs is 1. The van der Waals surface area contributed by atoms with Crippen molar-refractivity contribution < 1.29 is 37.0 Å². The first-order chi connectivity index (χ1) is 19.6. The molecule has 0 radical (unpaired) electrons. The largest absolute Gasteiger partial charge is 0.479 e. The number of rotatable bonds is 7. The highest BCUT2D eigenvalue weighted by atomic mass is 35.5. The molecule has 1 aliphatic carbocycles. The average Bonchev–Trinajstić information content (AvgIpc) is 3.16. The van der Waals surface area contributed by atoms with Crippen molar-refractivity contribution in [3.63, 3.8) is 0 Å². The second-order valence-corrected chi connectivity index (χ2v) is 10.6. The summed E-state index contributed by atoms with van der Waals surface area (Å²) in [4.78, 5) is 35.1. The van der Waals surface area contributed by atoms with E-state index in [0.717, 1.165) is 29.3 Å². The Labute approximate surface area is 237 Å². The van der Waals surface area contributed by atoms with Gasteiger partial charge in [0.25, 0.3) is 17.7 Å². The zero-order chi connectivity index (χ0) is 29.5. The van der Waals surface area contributed by atoms with Crippen LogP contribution in [0.3, 0.4) is 0 Å². The number of anilines is 1. The number of aromatic nitrogens is 2. The lowest BCUT2D eigenvalue weighted by atomic mass is 9.77.